The molecule has 0 radical (unpaired) electrons. The molecule has 2 aromatic heterocycles. The van der Waals surface area contributed by atoms with Gasteiger partial charge in [0.15, 0.2) is 11.4 Å². The van der Waals surface area contributed by atoms with Gasteiger partial charge in [-0.05, 0) is 24.6 Å². The molecule has 176 valence electrons. The van der Waals surface area contributed by atoms with E-state index in [1.54, 1.807) is 20.2 Å². The minimum absolute atomic E-state index is 0.0372. The highest BCUT2D eigenvalue weighted by molar-refractivity contribution is 7.09. The van der Waals surface area contributed by atoms with Crippen LogP contribution in [0.2, 0.25) is 5.02 Å². The summed E-state index contributed by atoms with van der Waals surface area (Å²) in [6.07, 6.45) is 3.19. The van der Waals surface area contributed by atoms with Crippen LogP contribution in [0.4, 0.5) is 17.5 Å². The van der Waals surface area contributed by atoms with Crippen LogP contribution >= 0.6 is 22.9 Å². The Labute approximate surface area is 207 Å². The van der Waals surface area contributed by atoms with Crippen LogP contribution in [-0.2, 0) is 15.8 Å². The molecule has 3 N–H and O–H groups in total. The molecule has 1 aromatic carbocycles. The van der Waals surface area contributed by atoms with Crippen molar-refractivity contribution in [3.8, 4) is 11.8 Å². The van der Waals surface area contributed by atoms with Gasteiger partial charge in [0.1, 0.15) is 10.0 Å². The number of likely N-dealkylation sites (tertiary alicyclic amines) is 1. The number of hydrogen-bond acceptors (Lipinski definition) is 9. The fourth-order valence-corrected chi connectivity index (χ4v) is 5.52. The summed E-state index contributed by atoms with van der Waals surface area (Å²) in [6, 6.07) is 6.16. The van der Waals surface area contributed by atoms with Gasteiger partial charge < -0.3 is 20.5 Å². The van der Waals surface area contributed by atoms with Gasteiger partial charge >= 0.3 is 0 Å². The predicted octanol–water partition coefficient (Wildman–Crippen LogP) is 2.78. The van der Waals surface area contributed by atoms with Crippen molar-refractivity contribution in [1.29, 1.82) is 0 Å². The van der Waals surface area contributed by atoms with Gasteiger partial charge in [-0.2, -0.15) is 4.98 Å². The molecule has 2 aliphatic heterocycles. The second-order valence-corrected chi connectivity index (χ2v) is 10.2. The topological polar surface area (TPSA) is 101 Å². The Morgan fingerprint density at radius 2 is 2.15 bits per heavy atom. The number of benzene rings is 1. The molecule has 34 heavy (non-hydrogen) atoms. The normalized spacial score (nSPS) is 18.2. The molecule has 0 bridgehead atoms. The molecule has 5 rings (SSSR count). The molecule has 3 aromatic rings. The van der Waals surface area contributed by atoms with Crippen LogP contribution in [0.15, 0.2) is 36.0 Å². The van der Waals surface area contributed by atoms with Gasteiger partial charge in [0.2, 0.25) is 5.95 Å². The Morgan fingerprint density at radius 3 is 2.88 bits per heavy atom. The Kier molecular flexibility index (Phi) is 5.96. The first-order valence-electron chi connectivity index (χ1n) is 10.9. The van der Waals surface area contributed by atoms with E-state index in [1.807, 2.05) is 17.5 Å². The molecule has 0 unspecified atom stereocenters. The summed E-state index contributed by atoms with van der Waals surface area (Å²) in [7, 11) is 1.72. The largest absolute Gasteiger partial charge is 0.383 e. The molecular weight excluding hydrogens is 472 g/mol. The number of ether oxygens (including phenoxy) is 1. The number of rotatable bonds is 5. The second-order valence-electron chi connectivity index (χ2n) is 8.86. The summed E-state index contributed by atoms with van der Waals surface area (Å²) in [5.41, 5.74) is 7.54. The summed E-state index contributed by atoms with van der Waals surface area (Å²) in [5.74, 6) is 6.85. The number of nitrogen functional groups attached to an aromatic ring is 1. The number of thiazole rings is 1. The molecule has 0 saturated carbocycles. The van der Waals surface area contributed by atoms with E-state index < -0.39 is 5.60 Å². The Morgan fingerprint density at radius 1 is 1.32 bits per heavy atom. The quantitative estimate of drug-likeness (QED) is 0.520. The first kappa shape index (κ1) is 23.0. The molecule has 2 aliphatic rings. The van der Waals surface area contributed by atoms with Crippen LogP contribution in [0.3, 0.4) is 0 Å². The van der Waals surface area contributed by atoms with Crippen molar-refractivity contribution in [1.82, 2.24) is 19.9 Å². The fraction of sp³-hybridized carbons (Fsp3) is 0.375. The molecule has 1 spiro atoms. The third-order valence-electron chi connectivity index (χ3n) is 6.28. The maximum Gasteiger partial charge on any atom is 0.222 e. The molecule has 8 nitrogen and oxygen atoms in total. The SMILES string of the molecule is COCCN1CC2(C1)CN(c1nc(N)ncc1Cl)c1cc(C#C[C@@](C)(O)c3nccs3)ccc12. The van der Waals surface area contributed by atoms with Crippen molar-refractivity contribution in [2.75, 3.05) is 50.5 Å². The van der Waals surface area contributed by atoms with E-state index in [-0.39, 0.29) is 11.4 Å². The molecule has 1 fully saturated rings. The van der Waals surface area contributed by atoms with Crippen LogP contribution in [0.25, 0.3) is 0 Å². The third kappa shape index (κ3) is 4.13. The Balaban J connectivity index is 1.51. The molecule has 10 heteroatoms. The lowest BCUT2D eigenvalue weighted by molar-refractivity contribution is 0.0478. The minimum Gasteiger partial charge on any atom is -0.383 e. The number of aromatic nitrogens is 3. The smallest absolute Gasteiger partial charge is 0.222 e. The Hall–Kier alpha value is -2.74. The van der Waals surface area contributed by atoms with E-state index in [0.29, 0.717) is 22.5 Å². The number of methoxy groups -OCH3 is 1. The van der Waals surface area contributed by atoms with Crippen molar-refractivity contribution < 1.29 is 9.84 Å². The number of halogens is 1. The van der Waals surface area contributed by atoms with Gasteiger partial charge in [0.05, 0.1) is 12.8 Å². The zero-order valence-electron chi connectivity index (χ0n) is 19.0. The predicted molar refractivity (Wildman–Crippen MR) is 133 cm³/mol. The van der Waals surface area contributed by atoms with E-state index in [1.165, 1.54) is 23.1 Å². The zero-order valence-corrected chi connectivity index (χ0v) is 20.5. The zero-order chi connectivity index (χ0) is 23.9. The van der Waals surface area contributed by atoms with Gasteiger partial charge in [-0.1, -0.05) is 29.5 Å². The molecule has 1 saturated heterocycles. The third-order valence-corrected chi connectivity index (χ3v) is 7.53. The molecule has 4 heterocycles. The first-order chi connectivity index (χ1) is 16.3. The van der Waals surface area contributed by atoms with E-state index >= 15 is 0 Å². The van der Waals surface area contributed by atoms with Crippen LogP contribution in [-0.4, -0.2) is 64.9 Å². The summed E-state index contributed by atoms with van der Waals surface area (Å²) in [4.78, 5) is 17.1. The van der Waals surface area contributed by atoms with Crippen molar-refractivity contribution in [2.24, 2.45) is 0 Å². The monoisotopic (exact) mass is 496 g/mol. The lowest BCUT2D eigenvalue weighted by Crippen LogP contribution is -2.61. The van der Waals surface area contributed by atoms with Crippen LogP contribution in [0.5, 0.6) is 0 Å². The number of nitrogens with zero attached hydrogens (tertiary/aromatic N) is 5. The summed E-state index contributed by atoms with van der Waals surface area (Å²) in [5, 5.41) is 13.6. The van der Waals surface area contributed by atoms with Gasteiger partial charge in [-0.3, -0.25) is 4.90 Å². The summed E-state index contributed by atoms with van der Waals surface area (Å²) < 4.78 is 5.25. The highest BCUT2D eigenvalue weighted by Gasteiger charge is 2.51. The summed E-state index contributed by atoms with van der Waals surface area (Å²) in [6.45, 7) is 5.82. The van der Waals surface area contributed by atoms with Gasteiger partial charge in [-0.15, -0.1) is 11.3 Å². The minimum atomic E-state index is -1.33. The molecular formula is C24H25ClN6O2S. The van der Waals surface area contributed by atoms with Crippen LogP contribution in [0, 0.1) is 11.8 Å². The summed E-state index contributed by atoms with van der Waals surface area (Å²) >= 11 is 7.87. The number of hydrogen-bond donors (Lipinski definition) is 2. The number of aliphatic hydroxyl groups is 1. The maximum absolute atomic E-state index is 10.8. The molecule has 1 atom stereocenters. The van der Waals surface area contributed by atoms with Crippen LogP contribution < -0.4 is 10.6 Å². The van der Waals surface area contributed by atoms with Crippen molar-refractivity contribution >= 4 is 40.4 Å². The molecule has 0 aliphatic carbocycles. The average Bonchev–Trinajstić information content (AvgIpc) is 3.45. The van der Waals surface area contributed by atoms with E-state index in [4.69, 9.17) is 22.1 Å². The van der Waals surface area contributed by atoms with Crippen molar-refractivity contribution in [3.63, 3.8) is 0 Å². The second kappa shape index (κ2) is 8.80. The first-order valence-corrected chi connectivity index (χ1v) is 12.1. The lowest BCUT2D eigenvalue weighted by Gasteiger charge is -2.48. The number of nitrogens with two attached hydrogens (primary N) is 1. The maximum atomic E-state index is 10.8. The van der Waals surface area contributed by atoms with Crippen molar-refractivity contribution in [2.45, 2.75) is 17.9 Å². The molecule has 0 amide bonds. The van der Waals surface area contributed by atoms with Gasteiger partial charge in [0.25, 0.3) is 0 Å². The van der Waals surface area contributed by atoms with Crippen LogP contribution in [0.1, 0.15) is 23.1 Å². The van der Waals surface area contributed by atoms with E-state index in [9.17, 15) is 5.11 Å². The highest BCUT2D eigenvalue weighted by atomic mass is 35.5. The number of anilines is 3. The highest BCUT2D eigenvalue weighted by Crippen LogP contribution is 2.50. The van der Waals surface area contributed by atoms with Gasteiger partial charge in [0, 0.05) is 61.5 Å². The average molecular weight is 497 g/mol. The standard InChI is InChI=1S/C24H25ClN6O2S/c1-23(32,21-27-7-10-34-21)6-5-16-3-4-17-19(11-16)31(20-18(25)12-28-22(26)29-20)15-24(17)13-30(14-24)8-9-33-2/h3-4,7,10-12,32H,8-9,13-15H2,1-2H3,(H2,26,28,29)/t23-/m1/s1. The van der Waals surface area contributed by atoms with Gasteiger partial charge in [-0.25, -0.2) is 9.97 Å². The van der Waals surface area contributed by atoms with E-state index in [0.717, 1.165) is 37.4 Å². The van der Waals surface area contributed by atoms with E-state index in [2.05, 4.69) is 42.7 Å². The van der Waals surface area contributed by atoms with Crippen molar-refractivity contribution in [3.05, 3.63) is 57.1 Å². The Bertz CT molecular complexity index is 1260. The fourth-order valence-electron chi connectivity index (χ4n) is 4.67. The lowest BCUT2D eigenvalue weighted by atomic mass is 9.75. The number of fused-ring (bicyclic) bond motifs is 2.